The van der Waals surface area contributed by atoms with Crippen molar-refractivity contribution in [3.05, 3.63) is 41.0 Å². The van der Waals surface area contributed by atoms with Crippen molar-refractivity contribution in [2.24, 2.45) is 0 Å². The second-order valence-corrected chi connectivity index (χ2v) is 8.08. The number of carbonyl (C=O) groups is 1. The molecule has 4 rings (SSSR count). The third-order valence-electron chi connectivity index (χ3n) is 4.03. The van der Waals surface area contributed by atoms with Gasteiger partial charge in [-0.15, -0.1) is 11.3 Å². The molecule has 0 spiro atoms. The average molecular weight is 361 g/mol. The predicted molar refractivity (Wildman–Crippen MR) is 97.9 cm³/mol. The highest BCUT2D eigenvalue weighted by Gasteiger charge is 2.18. The van der Waals surface area contributed by atoms with Crippen molar-refractivity contribution in [2.45, 2.75) is 19.3 Å². The molecule has 3 aromatic rings. The first-order valence-corrected chi connectivity index (χ1v) is 9.54. The average Bonchev–Trinajstić information content (AvgIpc) is 3.17. The van der Waals surface area contributed by atoms with E-state index in [4.69, 9.17) is 0 Å². The SMILES string of the molecule is O=C(Nc1ccc(F)cc1)c1cc2nc(N3CCCCC3)sc2s1. The molecule has 0 radical (unpaired) electrons. The highest BCUT2D eigenvalue weighted by Crippen LogP contribution is 2.36. The number of nitrogens with one attached hydrogen (secondary N) is 1. The van der Waals surface area contributed by atoms with E-state index >= 15 is 0 Å². The lowest BCUT2D eigenvalue weighted by Crippen LogP contribution is -2.29. The van der Waals surface area contributed by atoms with Crippen LogP contribution in [0.25, 0.3) is 9.53 Å². The Balaban J connectivity index is 1.51. The zero-order valence-corrected chi connectivity index (χ0v) is 14.6. The number of hydrogen-bond acceptors (Lipinski definition) is 5. The molecule has 1 N–H and O–H groups in total. The van der Waals surface area contributed by atoms with Crippen LogP contribution in [0.1, 0.15) is 28.9 Å². The lowest BCUT2D eigenvalue weighted by atomic mass is 10.1. The fraction of sp³-hybridized carbons (Fsp3) is 0.294. The van der Waals surface area contributed by atoms with Crippen molar-refractivity contribution in [3.63, 3.8) is 0 Å². The zero-order valence-electron chi connectivity index (χ0n) is 12.9. The van der Waals surface area contributed by atoms with E-state index in [1.807, 2.05) is 6.07 Å². The number of halogens is 1. The van der Waals surface area contributed by atoms with Crippen LogP contribution in [0.3, 0.4) is 0 Å². The molecule has 1 amide bonds. The molecule has 124 valence electrons. The van der Waals surface area contributed by atoms with E-state index in [0.29, 0.717) is 10.6 Å². The standard InChI is InChI=1S/C17H16FN3OS2/c18-11-4-6-12(7-5-11)19-15(22)14-10-13-16(23-14)24-17(20-13)21-8-2-1-3-9-21/h4-7,10H,1-3,8-9H2,(H,19,22). The third-order valence-corrected chi connectivity index (χ3v) is 6.38. The van der Waals surface area contributed by atoms with E-state index in [1.54, 1.807) is 23.5 Å². The number of rotatable bonds is 3. The molecule has 7 heteroatoms. The maximum absolute atomic E-state index is 12.9. The number of aromatic nitrogens is 1. The van der Waals surface area contributed by atoms with Gasteiger partial charge in [0, 0.05) is 18.8 Å². The molecule has 0 unspecified atom stereocenters. The number of hydrogen-bond donors (Lipinski definition) is 1. The Morgan fingerprint density at radius 2 is 1.88 bits per heavy atom. The van der Waals surface area contributed by atoms with Crippen LogP contribution in [-0.2, 0) is 0 Å². The number of anilines is 2. The van der Waals surface area contributed by atoms with E-state index in [2.05, 4.69) is 15.2 Å². The number of carbonyl (C=O) groups excluding carboxylic acids is 1. The maximum Gasteiger partial charge on any atom is 0.265 e. The van der Waals surface area contributed by atoms with Crippen LogP contribution < -0.4 is 10.2 Å². The second-order valence-electron chi connectivity index (χ2n) is 5.79. The normalized spacial score (nSPS) is 15.0. The molecule has 4 nitrogen and oxygen atoms in total. The smallest absolute Gasteiger partial charge is 0.265 e. The van der Waals surface area contributed by atoms with Crippen LogP contribution in [0.4, 0.5) is 15.2 Å². The van der Waals surface area contributed by atoms with Crippen molar-refractivity contribution in [3.8, 4) is 0 Å². The number of fused-ring (bicyclic) bond motifs is 1. The Morgan fingerprint density at radius 3 is 2.58 bits per heavy atom. The summed E-state index contributed by atoms with van der Waals surface area (Å²) in [6.07, 6.45) is 3.74. The number of piperidine rings is 1. The molecule has 2 aromatic heterocycles. The summed E-state index contributed by atoms with van der Waals surface area (Å²) in [4.78, 5) is 20.0. The van der Waals surface area contributed by atoms with Gasteiger partial charge in [-0.3, -0.25) is 4.79 Å². The fourth-order valence-corrected chi connectivity index (χ4v) is 5.00. The van der Waals surface area contributed by atoms with Gasteiger partial charge in [-0.1, -0.05) is 11.3 Å². The maximum atomic E-state index is 12.9. The minimum Gasteiger partial charge on any atom is -0.348 e. The molecule has 0 saturated carbocycles. The Bertz CT molecular complexity index is 834. The van der Waals surface area contributed by atoms with Crippen molar-refractivity contribution in [2.75, 3.05) is 23.3 Å². The van der Waals surface area contributed by atoms with Crippen LogP contribution in [0.2, 0.25) is 0 Å². The minimum atomic E-state index is -0.320. The summed E-state index contributed by atoms with van der Waals surface area (Å²) in [7, 11) is 0. The molecular weight excluding hydrogens is 345 g/mol. The third kappa shape index (κ3) is 3.14. The molecule has 0 bridgehead atoms. The predicted octanol–water partition coefficient (Wildman–Crippen LogP) is 4.74. The first kappa shape index (κ1) is 15.5. The molecule has 0 aliphatic carbocycles. The van der Waals surface area contributed by atoms with Crippen LogP contribution in [0, 0.1) is 5.82 Å². The Labute approximate surface area is 146 Å². The quantitative estimate of drug-likeness (QED) is 0.733. The van der Waals surface area contributed by atoms with Gasteiger partial charge in [-0.25, -0.2) is 9.37 Å². The summed E-state index contributed by atoms with van der Waals surface area (Å²) in [6.45, 7) is 2.14. The molecule has 1 saturated heterocycles. The van der Waals surface area contributed by atoms with Crippen molar-refractivity contribution in [1.29, 1.82) is 0 Å². The highest BCUT2D eigenvalue weighted by molar-refractivity contribution is 7.40. The lowest BCUT2D eigenvalue weighted by Gasteiger charge is -2.25. The summed E-state index contributed by atoms with van der Waals surface area (Å²) in [5.74, 6) is -0.504. The van der Waals surface area contributed by atoms with Gasteiger partial charge < -0.3 is 10.2 Å². The van der Waals surface area contributed by atoms with Gasteiger partial charge in [0.25, 0.3) is 5.91 Å². The van der Waals surface area contributed by atoms with Crippen molar-refractivity contribution in [1.82, 2.24) is 4.98 Å². The van der Waals surface area contributed by atoms with Gasteiger partial charge in [0.15, 0.2) is 5.13 Å². The van der Waals surface area contributed by atoms with Crippen LogP contribution in [0.15, 0.2) is 30.3 Å². The van der Waals surface area contributed by atoms with E-state index in [-0.39, 0.29) is 11.7 Å². The van der Waals surface area contributed by atoms with Gasteiger partial charge in [0.05, 0.1) is 10.4 Å². The van der Waals surface area contributed by atoms with E-state index in [9.17, 15) is 9.18 Å². The summed E-state index contributed by atoms with van der Waals surface area (Å²) < 4.78 is 14.0. The van der Waals surface area contributed by atoms with Gasteiger partial charge in [0.1, 0.15) is 9.83 Å². The summed E-state index contributed by atoms with van der Waals surface area (Å²) in [5, 5.41) is 3.84. The number of nitrogens with zero attached hydrogens (tertiary/aromatic N) is 2. The van der Waals surface area contributed by atoms with Crippen LogP contribution in [0.5, 0.6) is 0 Å². The van der Waals surface area contributed by atoms with Crippen molar-refractivity contribution < 1.29 is 9.18 Å². The number of thiazole rings is 1. The Hall–Kier alpha value is -1.99. The molecule has 1 aromatic carbocycles. The van der Waals surface area contributed by atoms with Crippen LogP contribution in [-0.4, -0.2) is 24.0 Å². The molecular formula is C17H16FN3OS2. The van der Waals surface area contributed by atoms with Gasteiger partial charge in [0.2, 0.25) is 0 Å². The lowest BCUT2D eigenvalue weighted by molar-refractivity contribution is 0.103. The Morgan fingerprint density at radius 1 is 1.12 bits per heavy atom. The number of amides is 1. The fourth-order valence-electron chi connectivity index (χ4n) is 2.78. The van der Waals surface area contributed by atoms with Gasteiger partial charge in [-0.2, -0.15) is 0 Å². The van der Waals surface area contributed by atoms with Crippen LogP contribution >= 0.6 is 22.7 Å². The summed E-state index contributed by atoms with van der Waals surface area (Å²) in [6, 6.07) is 7.60. The first-order valence-electron chi connectivity index (χ1n) is 7.91. The summed E-state index contributed by atoms with van der Waals surface area (Å²) in [5.41, 5.74) is 1.47. The summed E-state index contributed by atoms with van der Waals surface area (Å²) >= 11 is 3.11. The second kappa shape index (κ2) is 6.49. The molecule has 1 aliphatic rings. The number of benzene rings is 1. The van der Waals surface area contributed by atoms with E-state index in [1.165, 1.54) is 42.7 Å². The number of thiophene rings is 1. The molecule has 0 atom stereocenters. The Kier molecular flexibility index (Phi) is 4.20. The first-order chi connectivity index (χ1) is 11.7. The monoisotopic (exact) mass is 361 g/mol. The largest absolute Gasteiger partial charge is 0.348 e. The van der Waals surface area contributed by atoms with Gasteiger partial charge >= 0.3 is 0 Å². The van der Waals surface area contributed by atoms with Gasteiger partial charge in [-0.05, 0) is 49.6 Å². The molecule has 1 aliphatic heterocycles. The minimum absolute atomic E-state index is 0.184. The van der Waals surface area contributed by atoms with Crippen molar-refractivity contribution >= 4 is 48.9 Å². The highest BCUT2D eigenvalue weighted by atomic mass is 32.2. The molecule has 24 heavy (non-hydrogen) atoms. The topological polar surface area (TPSA) is 45.2 Å². The molecule has 3 heterocycles. The molecule has 1 fully saturated rings. The van der Waals surface area contributed by atoms with E-state index in [0.717, 1.165) is 27.8 Å². The zero-order chi connectivity index (χ0) is 16.5. The van der Waals surface area contributed by atoms with E-state index < -0.39 is 0 Å².